The van der Waals surface area contributed by atoms with E-state index in [-0.39, 0.29) is 0 Å². The number of pyridine rings is 1. The minimum atomic E-state index is 0.358. The molecule has 132 valence electrons. The molecule has 0 aliphatic heterocycles. The first-order valence-electron chi connectivity index (χ1n) is 9.33. The molecular weight excluding hydrogens is 318 g/mol. The SMILES string of the molecule is CC(C)c1nn(C)c2cc(CC(C)c3nccc4ccccc34)ccc12. The number of benzene rings is 2. The van der Waals surface area contributed by atoms with E-state index in [1.54, 1.807) is 0 Å². The highest BCUT2D eigenvalue weighted by Gasteiger charge is 2.15. The van der Waals surface area contributed by atoms with Gasteiger partial charge in [0, 0.05) is 29.9 Å². The topological polar surface area (TPSA) is 30.7 Å². The molecule has 0 radical (unpaired) electrons. The second-order valence-electron chi connectivity index (χ2n) is 7.54. The van der Waals surface area contributed by atoms with Crippen LogP contribution in [-0.2, 0) is 13.5 Å². The number of aromatic nitrogens is 3. The lowest BCUT2D eigenvalue weighted by molar-refractivity contribution is 0.726. The highest BCUT2D eigenvalue weighted by Crippen LogP contribution is 2.29. The van der Waals surface area contributed by atoms with Gasteiger partial charge in [0.05, 0.1) is 16.9 Å². The molecule has 0 saturated carbocycles. The second kappa shape index (κ2) is 6.56. The zero-order valence-electron chi connectivity index (χ0n) is 15.9. The summed E-state index contributed by atoms with van der Waals surface area (Å²) in [6, 6.07) is 17.4. The van der Waals surface area contributed by atoms with Gasteiger partial charge in [0.15, 0.2) is 0 Å². The van der Waals surface area contributed by atoms with Crippen molar-refractivity contribution in [2.24, 2.45) is 7.05 Å². The summed E-state index contributed by atoms with van der Waals surface area (Å²) < 4.78 is 2.01. The number of fused-ring (bicyclic) bond motifs is 2. The van der Waals surface area contributed by atoms with Crippen molar-refractivity contribution in [3.05, 3.63) is 71.7 Å². The Morgan fingerprint density at radius 3 is 2.54 bits per heavy atom. The van der Waals surface area contributed by atoms with Crippen molar-refractivity contribution < 1.29 is 0 Å². The smallest absolute Gasteiger partial charge is 0.0728 e. The van der Waals surface area contributed by atoms with Gasteiger partial charge in [-0.15, -0.1) is 0 Å². The molecule has 3 heteroatoms. The Balaban J connectivity index is 1.69. The Labute approximate surface area is 154 Å². The molecule has 0 aliphatic rings. The quantitative estimate of drug-likeness (QED) is 0.483. The molecule has 2 heterocycles. The first-order valence-corrected chi connectivity index (χ1v) is 9.33. The standard InChI is InChI=1S/C23H25N3/c1-15(2)22-20-10-9-17(14-21(20)26(4)25-22)13-16(3)23-19-8-6-5-7-18(19)11-12-24-23/h5-12,14-16H,13H2,1-4H3. The number of hydrogen-bond acceptors (Lipinski definition) is 2. The normalized spacial score (nSPS) is 13.0. The average molecular weight is 343 g/mol. The minimum Gasteiger partial charge on any atom is -0.268 e. The van der Waals surface area contributed by atoms with E-state index in [9.17, 15) is 0 Å². The lowest BCUT2D eigenvalue weighted by atomic mass is 9.93. The Hall–Kier alpha value is -2.68. The summed E-state index contributed by atoms with van der Waals surface area (Å²) in [6.07, 6.45) is 2.90. The first-order chi connectivity index (χ1) is 12.5. The maximum Gasteiger partial charge on any atom is 0.0728 e. The molecule has 4 aromatic rings. The fraction of sp³-hybridized carbons (Fsp3) is 0.304. The van der Waals surface area contributed by atoms with E-state index < -0.39 is 0 Å². The van der Waals surface area contributed by atoms with E-state index in [2.05, 4.69) is 69.3 Å². The van der Waals surface area contributed by atoms with Gasteiger partial charge in [-0.2, -0.15) is 5.10 Å². The highest BCUT2D eigenvalue weighted by atomic mass is 15.3. The van der Waals surface area contributed by atoms with E-state index in [1.807, 2.05) is 17.9 Å². The summed E-state index contributed by atoms with van der Waals surface area (Å²) in [5.74, 6) is 0.791. The third-order valence-electron chi connectivity index (χ3n) is 5.20. The average Bonchev–Trinajstić information content (AvgIpc) is 2.98. The van der Waals surface area contributed by atoms with Crippen molar-refractivity contribution in [1.29, 1.82) is 0 Å². The third kappa shape index (κ3) is 2.88. The third-order valence-corrected chi connectivity index (χ3v) is 5.20. The van der Waals surface area contributed by atoms with Crippen LogP contribution in [0.3, 0.4) is 0 Å². The predicted molar refractivity (Wildman–Crippen MR) is 109 cm³/mol. The molecule has 0 spiro atoms. The maximum absolute atomic E-state index is 4.71. The number of aryl methyl sites for hydroxylation is 1. The van der Waals surface area contributed by atoms with Gasteiger partial charge in [-0.25, -0.2) is 0 Å². The zero-order chi connectivity index (χ0) is 18.3. The van der Waals surface area contributed by atoms with Crippen LogP contribution in [0.25, 0.3) is 21.7 Å². The Morgan fingerprint density at radius 2 is 1.73 bits per heavy atom. The van der Waals surface area contributed by atoms with Crippen molar-refractivity contribution >= 4 is 21.7 Å². The van der Waals surface area contributed by atoms with Gasteiger partial charge in [-0.1, -0.05) is 57.2 Å². The van der Waals surface area contributed by atoms with Crippen LogP contribution < -0.4 is 0 Å². The van der Waals surface area contributed by atoms with Gasteiger partial charge >= 0.3 is 0 Å². The molecule has 4 rings (SSSR count). The molecule has 0 aliphatic carbocycles. The zero-order valence-corrected chi connectivity index (χ0v) is 15.9. The van der Waals surface area contributed by atoms with E-state index in [0.29, 0.717) is 11.8 Å². The van der Waals surface area contributed by atoms with Gasteiger partial charge in [-0.3, -0.25) is 9.67 Å². The van der Waals surface area contributed by atoms with E-state index in [4.69, 9.17) is 10.1 Å². The number of nitrogens with zero attached hydrogens (tertiary/aromatic N) is 3. The molecule has 2 aromatic carbocycles. The molecule has 1 unspecified atom stereocenters. The van der Waals surface area contributed by atoms with Crippen LogP contribution in [0.2, 0.25) is 0 Å². The van der Waals surface area contributed by atoms with Crippen molar-refractivity contribution in [3.8, 4) is 0 Å². The molecule has 1 atom stereocenters. The summed E-state index contributed by atoms with van der Waals surface area (Å²) in [4.78, 5) is 4.69. The van der Waals surface area contributed by atoms with Crippen LogP contribution in [-0.4, -0.2) is 14.8 Å². The second-order valence-corrected chi connectivity index (χ2v) is 7.54. The van der Waals surface area contributed by atoms with Crippen molar-refractivity contribution in [3.63, 3.8) is 0 Å². The molecule has 3 nitrogen and oxygen atoms in total. The molecule has 0 N–H and O–H groups in total. The first kappa shape index (κ1) is 16.8. The van der Waals surface area contributed by atoms with Gasteiger partial charge in [0.1, 0.15) is 0 Å². The van der Waals surface area contributed by atoms with Crippen molar-refractivity contribution in [2.75, 3.05) is 0 Å². The Bertz CT molecular complexity index is 1070. The van der Waals surface area contributed by atoms with Crippen LogP contribution in [0.4, 0.5) is 0 Å². The number of rotatable bonds is 4. The fourth-order valence-electron chi connectivity index (χ4n) is 3.87. The van der Waals surface area contributed by atoms with Gasteiger partial charge in [0.25, 0.3) is 0 Å². The lowest BCUT2D eigenvalue weighted by Gasteiger charge is -2.14. The van der Waals surface area contributed by atoms with Crippen LogP contribution in [0.1, 0.15) is 49.6 Å². The predicted octanol–water partition coefficient (Wildman–Crippen LogP) is 5.59. The molecule has 26 heavy (non-hydrogen) atoms. The monoisotopic (exact) mass is 343 g/mol. The van der Waals surface area contributed by atoms with Crippen molar-refractivity contribution in [2.45, 2.75) is 39.0 Å². The molecule has 0 bridgehead atoms. The van der Waals surface area contributed by atoms with Crippen LogP contribution in [0, 0.1) is 0 Å². The summed E-state index contributed by atoms with van der Waals surface area (Å²) in [6.45, 7) is 6.66. The van der Waals surface area contributed by atoms with Gasteiger partial charge in [0.2, 0.25) is 0 Å². The molecule has 0 fully saturated rings. The van der Waals surface area contributed by atoms with Crippen molar-refractivity contribution in [1.82, 2.24) is 14.8 Å². The van der Waals surface area contributed by atoms with E-state index >= 15 is 0 Å². The van der Waals surface area contributed by atoms with Crippen LogP contribution in [0.15, 0.2) is 54.7 Å². The summed E-state index contributed by atoms with van der Waals surface area (Å²) >= 11 is 0. The lowest BCUT2D eigenvalue weighted by Crippen LogP contribution is -2.02. The summed E-state index contributed by atoms with van der Waals surface area (Å²) in [5.41, 5.74) is 4.90. The minimum absolute atomic E-state index is 0.358. The molecule has 0 saturated heterocycles. The largest absolute Gasteiger partial charge is 0.268 e. The Morgan fingerprint density at radius 1 is 0.923 bits per heavy atom. The summed E-state index contributed by atoms with van der Waals surface area (Å²) in [5, 5.41) is 8.49. The van der Waals surface area contributed by atoms with Gasteiger partial charge in [-0.05, 0) is 35.4 Å². The molecule has 2 aromatic heterocycles. The fourth-order valence-corrected chi connectivity index (χ4v) is 3.87. The molecule has 0 amide bonds. The van der Waals surface area contributed by atoms with Crippen LogP contribution >= 0.6 is 0 Å². The molecular formula is C23H25N3. The van der Waals surface area contributed by atoms with E-state index in [1.165, 1.54) is 38.6 Å². The van der Waals surface area contributed by atoms with Crippen LogP contribution in [0.5, 0.6) is 0 Å². The highest BCUT2D eigenvalue weighted by molar-refractivity contribution is 5.85. The Kier molecular flexibility index (Phi) is 4.23. The maximum atomic E-state index is 4.71. The van der Waals surface area contributed by atoms with Gasteiger partial charge < -0.3 is 0 Å². The number of hydrogen-bond donors (Lipinski definition) is 0. The summed E-state index contributed by atoms with van der Waals surface area (Å²) in [7, 11) is 2.04. The van der Waals surface area contributed by atoms with E-state index in [0.717, 1.165) is 6.42 Å².